The Bertz CT molecular complexity index is 779. The number of carbonyl (C=O) groups excluding carboxylic acids is 2. The van der Waals surface area contributed by atoms with Gasteiger partial charge in [-0.2, -0.15) is 0 Å². The van der Waals surface area contributed by atoms with Crippen molar-refractivity contribution >= 4 is 40.7 Å². The smallest absolute Gasteiger partial charge is 0.254 e. The van der Waals surface area contributed by atoms with E-state index in [1.165, 1.54) is 19.2 Å². The Labute approximate surface area is 147 Å². The standard InChI is InChI=1S/C16H12Cl2F2N2O2/c1-22(16(24)9-4-10(19)6-11(20)5-9)8-15(23)21-12-2-3-13(17)14(18)7-12/h2-7H,8H2,1H3,(H,21,23). The normalized spacial score (nSPS) is 10.4. The molecule has 2 amide bonds. The molecule has 0 unspecified atom stereocenters. The summed E-state index contributed by atoms with van der Waals surface area (Å²) in [5.41, 5.74) is 0.226. The Morgan fingerprint density at radius 2 is 1.67 bits per heavy atom. The highest BCUT2D eigenvalue weighted by molar-refractivity contribution is 6.42. The molecule has 0 aliphatic carbocycles. The molecule has 2 aromatic carbocycles. The molecule has 0 heterocycles. The van der Waals surface area contributed by atoms with E-state index in [2.05, 4.69) is 5.32 Å². The van der Waals surface area contributed by atoms with Gasteiger partial charge in [-0.05, 0) is 30.3 Å². The lowest BCUT2D eigenvalue weighted by Gasteiger charge is -2.17. The first-order valence-electron chi connectivity index (χ1n) is 6.72. The van der Waals surface area contributed by atoms with Crippen LogP contribution in [-0.4, -0.2) is 30.3 Å². The van der Waals surface area contributed by atoms with E-state index in [4.69, 9.17) is 23.2 Å². The van der Waals surface area contributed by atoms with Gasteiger partial charge in [-0.25, -0.2) is 8.78 Å². The van der Waals surface area contributed by atoms with Crippen LogP contribution >= 0.6 is 23.2 Å². The number of anilines is 1. The molecule has 0 fully saturated rings. The Morgan fingerprint density at radius 3 is 2.25 bits per heavy atom. The molecule has 0 atom stereocenters. The van der Waals surface area contributed by atoms with Crippen molar-refractivity contribution in [3.8, 4) is 0 Å². The van der Waals surface area contributed by atoms with Crippen LogP contribution in [0.25, 0.3) is 0 Å². The maximum absolute atomic E-state index is 13.2. The van der Waals surface area contributed by atoms with Gasteiger partial charge in [0.1, 0.15) is 11.6 Å². The average molecular weight is 373 g/mol. The van der Waals surface area contributed by atoms with Crippen LogP contribution in [0.2, 0.25) is 10.0 Å². The van der Waals surface area contributed by atoms with E-state index in [1.54, 1.807) is 6.07 Å². The van der Waals surface area contributed by atoms with Crippen LogP contribution in [0.1, 0.15) is 10.4 Å². The molecule has 0 saturated carbocycles. The topological polar surface area (TPSA) is 49.4 Å². The van der Waals surface area contributed by atoms with Gasteiger partial charge in [-0.1, -0.05) is 23.2 Å². The lowest BCUT2D eigenvalue weighted by Crippen LogP contribution is -2.35. The van der Waals surface area contributed by atoms with Crippen LogP contribution in [-0.2, 0) is 4.79 Å². The summed E-state index contributed by atoms with van der Waals surface area (Å²) < 4.78 is 26.3. The van der Waals surface area contributed by atoms with E-state index in [-0.39, 0.29) is 17.1 Å². The zero-order valence-corrected chi connectivity index (χ0v) is 14.0. The third-order valence-corrected chi connectivity index (χ3v) is 3.78. The summed E-state index contributed by atoms with van der Waals surface area (Å²) in [4.78, 5) is 25.1. The second-order valence-corrected chi connectivity index (χ2v) is 5.81. The number of likely N-dealkylation sites (N-methyl/N-ethyl adjacent to an activating group) is 1. The molecule has 4 nitrogen and oxygen atoms in total. The Balaban J connectivity index is 2.02. The summed E-state index contributed by atoms with van der Waals surface area (Å²) in [5, 5.41) is 3.16. The SMILES string of the molecule is CN(CC(=O)Nc1ccc(Cl)c(Cl)c1)C(=O)c1cc(F)cc(F)c1. The second-order valence-electron chi connectivity index (χ2n) is 5.00. The third-order valence-electron chi connectivity index (χ3n) is 3.04. The summed E-state index contributed by atoms with van der Waals surface area (Å²) >= 11 is 11.6. The number of hydrogen-bond acceptors (Lipinski definition) is 2. The molecule has 0 saturated heterocycles. The quantitative estimate of drug-likeness (QED) is 0.882. The Kier molecular flexibility index (Phi) is 5.75. The monoisotopic (exact) mass is 372 g/mol. The van der Waals surface area contributed by atoms with Crippen molar-refractivity contribution in [2.75, 3.05) is 18.9 Å². The molecule has 2 aromatic rings. The highest BCUT2D eigenvalue weighted by atomic mass is 35.5. The molecular formula is C16H12Cl2F2N2O2. The number of rotatable bonds is 4. The first-order valence-corrected chi connectivity index (χ1v) is 7.48. The number of hydrogen-bond donors (Lipinski definition) is 1. The number of benzene rings is 2. The lowest BCUT2D eigenvalue weighted by molar-refractivity contribution is -0.116. The maximum Gasteiger partial charge on any atom is 0.254 e. The van der Waals surface area contributed by atoms with Gasteiger partial charge in [-0.15, -0.1) is 0 Å². The van der Waals surface area contributed by atoms with Crippen molar-refractivity contribution in [1.82, 2.24) is 4.90 Å². The Morgan fingerprint density at radius 1 is 1.04 bits per heavy atom. The van der Waals surface area contributed by atoms with E-state index in [0.717, 1.165) is 17.0 Å². The minimum absolute atomic E-state index is 0.183. The summed E-state index contributed by atoms with van der Waals surface area (Å²) in [6.45, 7) is -0.308. The predicted octanol–water partition coefficient (Wildman–Crippen LogP) is 3.98. The molecule has 0 aliphatic rings. The molecule has 0 bridgehead atoms. The number of nitrogens with zero attached hydrogens (tertiary/aromatic N) is 1. The van der Waals surface area contributed by atoms with Gasteiger partial charge in [0, 0.05) is 24.4 Å². The van der Waals surface area contributed by atoms with Gasteiger partial charge in [0.15, 0.2) is 0 Å². The number of nitrogens with one attached hydrogen (secondary N) is 1. The molecule has 126 valence electrons. The van der Waals surface area contributed by atoms with E-state index >= 15 is 0 Å². The van der Waals surface area contributed by atoms with Gasteiger partial charge in [-0.3, -0.25) is 9.59 Å². The number of carbonyl (C=O) groups is 2. The molecule has 8 heteroatoms. The van der Waals surface area contributed by atoms with E-state index in [0.29, 0.717) is 16.8 Å². The molecule has 0 spiro atoms. The van der Waals surface area contributed by atoms with E-state index in [1.807, 2.05) is 0 Å². The highest BCUT2D eigenvalue weighted by Crippen LogP contribution is 2.24. The van der Waals surface area contributed by atoms with Crippen molar-refractivity contribution < 1.29 is 18.4 Å². The first kappa shape index (κ1) is 18.2. The summed E-state index contributed by atoms with van der Waals surface area (Å²) in [7, 11) is 1.35. The maximum atomic E-state index is 13.2. The molecule has 0 radical (unpaired) electrons. The predicted molar refractivity (Wildman–Crippen MR) is 88.4 cm³/mol. The van der Waals surface area contributed by atoms with Crippen LogP contribution in [0.15, 0.2) is 36.4 Å². The van der Waals surface area contributed by atoms with Crippen LogP contribution in [0, 0.1) is 11.6 Å². The van der Waals surface area contributed by atoms with E-state index < -0.39 is 23.4 Å². The van der Waals surface area contributed by atoms with Crippen LogP contribution in [0.5, 0.6) is 0 Å². The van der Waals surface area contributed by atoms with Crippen molar-refractivity contribution in [1.29, 1.82) is 0 Å². The van der Waals surface area contributed by atoms with Gasteiger partial charge >= 0.3 is 0 Å². The second kappa shape index (κ2) is 7.59. The Hall–Kier alpha value is -2.18. The molecule has 24 heavy (non-hydrogen) atoms. The van der Waals surface area contributed by atoms with Crippen molar-refractivity contribution in [3.63, 3.8) is 0 Å². The number of amides is 2. The largest absolute Gasteiger partial charge is 0.332 e. The van der Waals surface area contributed by atoms with Crippen LogP contribution in [0.4, 0.5) is 14.5 Å². The summed E-state index contributed by atoms with van der Waals surface area (Å²) in [5.74, 6) is -2.92. The van der Waals surface area contributed by atoms with Gasteiger partial charge in [0.05, 0.1) is 16.6 Å². The fourth-order valence-corrected chi connectivity index (χ4v) is 2.26. The zero-order valence-electron chi connectivity index (χ0n) is 12.4. The average Bonchev–Trinajstić information content (AvgIpc) is 2.49. The third kappa shape index (κ3) is 4.66. The van der Waals surface area contributed by atoms with Crippen molar-refractivity contribution in [2.45, 2.75) is 0 Å². The molecule has 0 aromatic heterocycles. The van der Waals surface area contributed by atoms with Gasteiger partial charge in [0.2, 0.25) is 5.91 Å². The molecule has 1 N–H and O–H groups in total. The minimum Gasteiger partial charge on any atom is -0.332 e. The minimum atomic E-state index is -0.869. The fourth-order valence-electron chi connectivity index (χ4n) is 1.96. The first-order chi connectivity index (χ1) is 11.3. The van der Waals surface area contributed by atoms with Gasteiger partial charge < -0.3 is 10.2 Å². The van der Waals surface area contributed by atoms with Gasteiger partial charge in [0.25, 0.3) is 5.91 Å². The molecular weight excluding hydrogens is 361 g/mol. The summed E-state index contributed by atoms with van der Waals surface area (Å²) in [6.07, 6.45) is 0. The van der Waals surface area contributed by atoms with Crippen molar-refractivity contribution in [3.05, 3.63) is 63.6 Å². The van der Waals surface area contributed by atoms with Crippen molar-refractivity contribution in [2.24, 2.45) is 0 Å². The van der Waals surface area contributed by atoms with Crippen LogP contribution in [0.3, 0.4) is 0 Å². The number of halogens is 4. The zero-order chi connectivity index (χ0) is 17.9. The lowest BCUT2D eigenvalue weighted by atomic mass is 10.2. The summed E-state index contributed by atoms with van der Waals surface area (Å²) in [6, 6.07) is 7.00. The van der Waals surface area contributed by atoms with E-state index in [9.17, 15) is 18.4 Å². The van der Waals surface area contributed by atoms with Crippen LogP contribution < -0.4 is 5.32 Å². The molecule has 2 rings (SSSR count). The molecule has 0 aliphatic heterocycles. The fraction of sp³-hybridized carbons (Fsp3) is 0.125. The highest BCUT2D eigenvalue weighted by Gasteiger charge is 2.17.